The molecule has 4 rings (SSSR count). The van der Waals surface area contributed by atoms with Crippen molar-refractivity contribution in [3.8, 4) is 0 Å². The maximum atomic E-state index is 13.1. The van der Waals surface area contributed by atoms with E-state index in [1.54, 1.807) is 17.6 Å². The second-order valence-electron chi connectivity index (χ2n) is 7.01. The number of nitrogens with zero attached hydrogens (tertiary/aromatic N) is 3. The van der Waals surface area contributed by atoms with Gasteiger partial charge < -0.3 is 5.32 Å². The van der Waals surface area contributed by atoms with Gasteiger partial charge in [-0.15, -0.1) is 0 Å². The Balaban J connectivity index is 1.71. The Morgan fingerprint density at radius 2 is 2.00 bits per heavy atom. The fourth-order valence-corrected chi connectivity index (χ4v) is 4.84. The first kappa shape index (κ1) is 18.0. The molecule has 1 atom stereocenters. The summed E-state index contributed by atoms with van der Waals surface area (Å²) in [7, 11) is 0. The van der Waals surface area contributed by atoms with E-state index in [2.05, 4.69) is 5.32 Å². The molecule has 27 heavy (non-hydrogen) atoms. The Morgan fingerprint density at radius 3 is 2.70 bits per heavy atom. The quantitative estimate of drug-likeness (QED) is 0.645. The van der Waals surface area contributed by atoms with Crippen molar-refractivity contribution in [2.45, 2.75) is 49.1 Å². The lowest BCUT2D eigenvalue weighted by atomic mass is 10.2. The number of para-hydroxylation sites is 1. The first-order valence-corrected chi connectivity index (χ1v) is 10.2. The molecule has 142 valence electrons. The highest BCUT2D eigenvalue weighted by molar-refractivity contribution is 8.00. The summed E-state index contributed by atoms with van der Waals surface area (Å²) in [6, 6.07) is 7.08. The van der Waals surface area contributed by atoms with Crippen LogP contribution in [0.1, 0.15) is 38.6 Å². The fourth-order valence-electron chi connectivity index (χ4n) is 3.80. The molecule has 7 nitrogen and oxygen atoms in total. The highest BCUT2D eigenvalue weighted by Crippen LogP contribution is 2.33. The van der Waals surface area contributed by atoms with E-state index in [-0.39, 0.29) is 23.5 Å². The number of amides is 3. The molecule has 1 aromatic heterocycles. The number of hydrogen-bond acceptors (Lipinski definition) is 5. The largest absolute Gasteiger partial charge is 0.336 e. The molecule has 0 unspecified atom stereocenters. The molecule has 1 N–H and O–H groups in total. The standard InChI is InChI=1S/C19H22N4O3S/c1-12(16(24)22-11-10-20-18(22)26)27-19-21-15-9-5-4-8-14(15)17(25)23(19)13-6-2-3-7-13/h4-5,8-9,12-13H,2-3,6-7,10-11H2,1H3,(H,20,26)/t12-/m1/s1. The number of thioether (sulfide) groups is 1. The topological polar surface area (TPSA) is 84.3 Å². The van der Waals surface area contributed by atoms with E-state index in [1.807, 2.05) is 18.2 Å². The Hall–Kier alpha value is -2.35. The van der Waals surface area contributed by atoms with Gasteiger partial charge in [-0.25, -0.2) is 9.78 Å². The number of benzene rings is 1. The lowest BCUT2D eigenvalue weighted by Gasteiger charge is -2.22. The average molecular weight is 386 g/mol. The van der Waals surface area contributed by atoms with Crippen molar-refractivity contribution < 1.29 is 9.59 Å². The number of urea groups is 1. The number of imide groups is 1. The molecule has 0 spiro atoms. The Kier molecular flexibility index (Phi) is 4.90. The highest BCUT2D eigenvalue weighted by Gasteiger charge is 2.32. The monoisotopic (exact) mass is 386 g/mol. The van der Waals surface area contributed by atoms with Gasteiger partial charge in [0.05, 0.1) is 16.2 Å². The molecule has 2 aromatic rings. The first-order valence-electron chi connectivity index (χ1n) is 9.33. The third-order valence-electron chi connectivity index (χ3n) is 5.22. The van der Waals surface area contributed by atoms with Gasteiger partial charge in [-0.2, -0.15) is 0 Å². The van der Waals surface area contributed by atoms with E-state index >= 15 is 0 Å². The summed E-state index contributed by atoms with van der Waals surface area (Å²) in [5.74, 6) is -0.254. The summed E-state index contributed by atoms with van der Waals surface area (Å²) in [6.07, 6.45) is 4.08. The Morgan fingerprint density at radius 1 is 1.26 bits per heavy atom. The van der Waals surface area contributed by atoms with Crippen LogP contribution in [0.25, 0.3) is 10.9 Å². The van der Waals surface area contributed by atoms with Crippen molar-refractivity contribution in [3.63, 3.8) is 0 Å². The molecule has 1 aliphatic carbocycles. The van der Waals surface area contributed by atoms with Gasteiger partial charge in [-0.05, 0) is 31.9 Å². The first-order chi connectivity index (χ1) is 13.1. The van der Waals surface area contributed by atoms with Crippen LogP contribution in [0.2, 0.25) is 0 Å². The van der Waals surface area contributed by atoms with Gasteiger partial charge in [0, 0.05) is 19.1 Å². The summed E-state index contributed by atoms with van der Waals surface area (Å²) < 4.78 is 1.77. The van der Waals surface area contributed by atoms with Gasteiger partial charge in [0.15, 0.2) is 5.16 Å². The predicted molar refractivity (Wildman–Crippen MR) is 104 cm³/mol. The number of nitrogens with one attached hydrogen (secondary N) is 1. The predicted octanol–water partition coefficient (Wildman–Crippen LogP) is 2.54. The molecular weight excluding hydrogens is 364 g/mol. The second-order valence-corrected chi connectivity index (χ2v) is 8.31. The van der Waals surface area contributed by atoms with Crippen LogP contribution in [-0.4, -0.2) is 44.7 Å². The minimum absolute atomic E-state index is 0.0476. The molecule has 1 saturated carbocycles. The molecule has 3 amide bonds. The molecule has 1 aromatic carbocycles. The number of aromatic nitrogens is 2. The van der Waals surface area contributed by atoms with Crippen LogP contribution in [0.3, 0.4) is 0 Å². The molecule has 0 radical (unpaired) electrons. The zero-order valence-electron chi connectivity index (χ0n) is 15.2. The third kappa shape index (κ3) is 3.34. The molecule has 1 aliphatic heterocycles. The van der Waals surface area contributed by atoms with Gasteiger partial charge in [0.25, 0.3) is 5.56 Å². The van der Waals surface area contributed by atoms with Crippen molar-refractivity contribution in [2.24, 2.45) is 0 Å². The van der Waals surface area contributed by atoms with Gasteiger partial charge >= 0.3 is 6.03 Å². The van der Waals surface area contributed by atoms with Crippen LogP contribution < -0.4 is 10.9 Å². The summed E-state index contributed by atoms with van der Waals surface area (Å²) in [5.41, 5.74) is 0.589. The van der Waals surface area contributed by atoms with E-state index in [1.165, 1.54) is 16.7 Å². The second kappa shape index (κ2) is 7.34. The van der Waals surface area contributed by atoms with Crippen molar-refractivity contribution >= 4 is 34.6 Å². The lowest BCUT2D eigenvalue weighted by Crippen LogP contribution is -2.39. The maximum Gasteiger partial charge on any atom is 0.324 e. The number of carbonyl (C=O) groups is 2. The molecule has 2 fully saturated rings. The average Bonchev–Trinajstić information content (AvgIpc) is 3.33. The van der Waals surface area contributed by atoms with E-state index in [0.717, 1.165) is 25.7 Å². The van der Waals surface area contributed by atoms with Gasteiger partial charge in [0.1, 0.15) is 0 Å². The zero-order chi connectivity index (χ0) is 19.0. The number of fused-ring (bicyclic) bond motifs is 1. The summed E-state index contributed by atoms with van der Waals surface area (Å²) in [6.45, 7) is 2.62. The van der Waals surface area contributed by atoms with Gasteiger partial charge in [-0.1, -0.05) is 36.7 Å². The molecule has 1 saturated heterocycles. The normalized spacial score (nSPS) is 18.9. The van der Waals surface area contributed by atoms with Crippen molar-refractivity contribution in [1.29, 1.82) is 0 Å². The number of carbonyl (C=O) groups excluding carboxylic acids is 2. The zero-order valence-corrected chi connectivity index (χ0v) is 16.0. The van der Waals surface area contributed by atoms with Crippen molar-refractivity contribution in [2.75, 3.05) is 13.1 Å². The van der Waals surface area contributed by atoms with Crippen LogP contribution >= 0.6 is 11.8 Å². The lowest BCUT2D eigenvalue weighted by molar-refractivity contribution is -0.126. The summed E-state index contributed by atoms with van der Waals surface area (Å²) >= 11 is 1.26. The number of hydrogen-bond donors (Lipinski definition) is 1. The summed E-state index contributed by atoms with van der Waals surface area (Å²) in [5, 5.41) is 3.30. The van der Waals surface area contributed by atoms with Crippen LogP contribution in [0, 0.1) is 0 Å². The molecular formula is C19H22N4O3S. The van der Waals surface area contributed by atoms with Gasteiger partial charge in [-0.3, -0.25) is 19.1 Å². The fraction of sp³-hybridized carbons (Fsp3) is 0.474. The minimum Gasteiger partial charge on any atom is -0.336 e. The van der Waals surface area contributed by atoms with Crippen LogP contribution in [-0.2, 0) is 4.79 Å². The third-order valence-corrected chi connectivity index (χ3v) is 6.27. The number of rotatable bonds is 4. The molecule has 2 heterocycles. The van der Waals surface area contributed by atoms with E-state index < -0.39 is 5.25 Å². The molecule has 0 bridgehead atoms. The minimum atomic E-state index is -0.505. The Bertz CT molecular complexity index is 952. The van der Waals surface area contributed by atoms with Gasteiger partial charge in [0.2, 0.25) is 5.91 Å². The van der Waals surface area contributed by atoms with E-state index in [0.29, 0.717) is 29.1 Å². The van der Waals surface area contributed by atoms with Crippen molar-refractivity contribution in [3.05, 3.63) is 34.6 Å². The van der Waals surface area contributed by atoms with Crippen molar-refractivity contribution in [1.82, 2.24) is 19.8 Å². The smallest absolute Gasteiger partial charge is 0.324 e. The summed E-state index contributed by atoms with van der Waals surface area (Å²) in [4.78, 5) is 43.5. The molecule has 2 aliphatic rings. The molecule has 8 heteroatoms. The highest BCUT2D eigenvalue weighted by atomic mass is 32.2. The maximum absolute atomic E-state index is 13.1. The van der Waals surface area contributed by atoms with E-state index in [9.17, 15) is 14.4 Å². The van der Waals surface area contributed by atoms with Crippen LogP contribution in [0.15, 0.2) is 34.2 Å². The SMILES string of the molecule is C[C@@H](Sc1nc2ccccc2c(=O)n1C1CCCC1)C(=O)N1CCNC1=O. The van der Waals surface area contributed by atoms with Crippen LogP contribution in [0.4, 0.5) is 4.79 Å². The van der Waals surface area contributed by atoms with Crippen LogP contribution in [0.5, 0.6) is 0 Å². The Labute approximate surface area is 161 Å². The van der Waals surface area contributed by atoms with E-state index in [4.69, 9.17) is 4.98 Å².